The average Bonchev–Trinajstić information content (AvgIpc) is 3.46. The summed E-state index contributed by atoms with van der Waals surface area (Å²) in [6, 6.07) is 4.36. The molecule has 0 radical (unpaired) electrons. The molecule has 3 aromatic heterocycles. The highest BCUT2D eigenvalue weighted by Crippen LogP contribution is 2.38. The fourth-order valence-electron chi connectivity index (χ4n) is 4.76. The van der Waals surface area contributed by atoms with Crippen molar-refractivity contribution in [3.8, 4) is 0 Å². The van der Waals surface area contributed by atoms with Gasteiger partial charge in [0.15, 0.2) is 5.88 Å². The van der Waals surface area contributed by atoms with E-state index in [0.29, 0.717) is 29.5 Å². The molecule has 0 spiro atoms. The molecule has 3 aromatic rings. The third-order valence-corrected chi connectivity index (χ3v) is 6.50. The Hall–Kier alpha value is -3.53. The largest absolute Gasteiger partial charge is 0.483 e. The summed E-state index contributed by atoms with van der Waals surface area (Å²) >= 11 is 0. The van der Waals surface area contributed by atoms with Crippen LogP contribution in [0.25, 0.3) is 17.1 Å². The number of piperazine rings is 1. The predicted octanol–water partition coefficient (Wildman–Crippen LogP) is 2.58. The van der Waals surface area contributed by atoms with E-state index in [1.807, 2.05) is 12.3 Å². The maximum absolute atomic E-state index is 6.59. The molecule has 1 aliphatic carbocycles. The molecule has 0 bridgehead atoms. The van der Waals surface area contributed by atoms with E-state index in [4.69, 9.17) is 21.2 Å². The summed E-state index contributed by atoms with van der Waals surface area (Å²) in [6.45, 7) is 3.95. The molecule has 10 heteroatoms. The van der Waals surface area contributed by atoms with Crippen LogP contribution in [0.4, 0.5) is 23.3 Å². The molecule has 10 nitrogen and oxygen atoms in total. The number of anilines is 4. The van der Waals surface area contributed by atoms with Gasteiger partial charge in [0.2, 0.25) is 5.95 Å². The first kappa shape index (κ1) is 21.3. The molecule has 33 heavy (non-hydrogen) atoms. The number of rotatable bonds is 6. The first-order valence-electron chi connectivity index (χ1n) is 11.5. The predicted molar refractivity (Wildman–Crippen MR) is 131 cm³/mol. The molecule has 2 fully saturated rings. The van der Waals surface area contributed by atoms with Gasteiger partial charge in [-0.05, 0) is 25.0 Å². The molecule has 174 valence electrons. The zero-order valence-electron chi connectivity index (χ0n) is 18.9. The van der Waals surface area contributed by atoms with E-state index in [-0.39, 0.29) is 0 Å². The first-order chi connectivity index (χ1) is 16.1. The van der Waals surface area contributed by atoms with Crippen LogP contribution in [-0.2, 0) is 4.74 Å². The van der Waals surface area contributed by atoms with Gasteiger partial charge in [0, 0.05) is 55.4 Å². The SMILES string of the molecule is CO/C(N)=C/c1c(N)n(C2CCCC2)c2nc(Nc3ccc(N4CCNCC4)cn3)ncc12. The Labute approximate surface area is 193 Å². The summed E-state index contributed by atoms with van der Waals surface area (Å²) in [5, 5.41) is 7.46. The lowest BCUT2D eigenvalue weighted by Gasteiger charge is -2.29. The van der Waals surface area contributed by atoms with Crippen LogP contribution in [0, 0.1) is 0 Å². The second kappa shape index (κ2) is 9.14. The zero-order valence-corrected chi connectivity index (χ0v) is 18.9. The van der Waals surface area contributed by atoms with Gasteiger partial charge >= 0.3 is 0 Å². The average molecular weight is 450 g/mol. The van der Waals surface area contributed by atoms with E-state index < -0.39 is 0 Å². The third kappa shape index (κ3) is 4.25. The van der Waals surface area contributed by atoms with Gasteiger partial charge in [-0.15, -0.1) is 0 Å². The molecule has 1 aliphatic heterocycles. The van der Waals surface area contributed by atoms with Crippen molar-refractivity contribution in [2.24, 2.45) is 5.73 Å². The molecule has 0 atom stereocenters. The summed E-state index contributed by atoms with van der Waals surface area (Å²) in [5.41, 5.74) is 15.2. The molecule has 0 amide bonds. The normalized spacial score (nSPS) is 17.6. The van der Waals surface area contributed by atoms with Gasteiger partial charge in [-0.25, -0.2) is 9.97 Å². The minimum Gasteiger partial charge on any atom is -0.483 e. The third-order valence-electron chi connectivity index (χ3n) is 6.50. The molecular weight excluding hydrogens is 418 g/mol. The molecule has 0 unspecified atom stereocenters. The van der Waals surface area contributed by atoms with Crippen molar-refractivity contribution < 1.29 is 4.74 Å². The van der Waals surface area contributed by atoms with Crippen molar-refractivity contribution in [3.05, 3.63) is 36.0 Å². The van der Waals surface area contributed by atoms with Gasteiger partial charge in [-0.3, -0.25) is 0 Å². The minimum atomic E-state index is 0.295. The summed E-state index contributed by atoms with van der Waals surface area (Å²) in [4.78, 5) is 16.3. The van der Waals surface area contributed by atoms with Crippen LogP contribution < -0.4 is 27.0 Å². The second-order valence-electron chi connectivity index (χ2n) is 8.55. The smallest absolute Gasteiger partial charge is 0.230 e. The summed E-state index contributed by atoms with van der Waals surface area (Å²) in [6.07, 6.45) is 9.97. The number of hydrogen-bond donors (Lipinski definition) is 4. The summed E-state index contributed by atoms with van der Waals surface area (Å²) in [7, 11) is 1.54. The zero-order chi connectivity index (χ0) is 22.8. The number of nitrogens with zero attached hydrogens (tertiary/aromatic N) is 5. The number of nitrogens with two attached hydrogens (primary N) is 2. The molecule has 5 rings (SSSR count). The Morgan fingerprint density at radius 1 is 1.18 bits per heavy atom. The molecule has 4 heterocycles. The van der Waals surface area contributed by atoms with Crippen molar-refractivity contribution in [2.75, 3.05) is 49.2 Å². The molecular formula is C23H31N9O. The van der Waals surface area contributed by atoms with Crippen LogP contribution in [0.5, 0.6) is 0 Å². The number of pyridine rings is 1. The second-order valence-corrected chi connectivity index (χ2v) is 8.55. The van der Waals surface area contributed by atoms with Gasteiger partial charge in [0.1, 0.15) is 17.3 Å². The van der Waals surface area contributed by atoms with E-state index in [9.17, 15) is 0 Å². The van der Waals surface area contributed by atoms with Crippen molar-refractivity contribution in [2.45, 2.75) is 31.7 Å². The highest BCUT2D eigenvalue weighted by molar-refractivity contribution is 5.93. The van der Waals surface area contributed by atoms with Crippen LogP contribution in [0.1, 0.15) is 37.3 Å². The molecule has 2 aliphatic rings. The summed E-state index contributed by atoms with van der Waals surface area (Å²) in [5.74, 6) is 2.12. The van der Waals surface area contributed by atoms with E-state index in [1.54, 1.807) is 12.3 Å². The Bertz CT molecular complexity index is 1140. The van der Waals surface area contributed by atoms with E-state index in [2.05, 4.69) is 36.1 Å². The van der Waals surface area contributed by atoms with Gasteiger partial charge in [0.25, 0.3) is 0 Å². The highest BCUT2D eigenvalue weighted by atomic mass is 16.5. The number of ether oxygens (including phenoxy) is 1. The maximum atomic E-state index is 6.59. The monoisotopic (exact) mass is 449 g/mol. The van der Waals surface area contributed by atoms with Crippen LogP contribution in [0.15, 0.2) is 30.4 Å². The van der Waals surface area contributed by atoms with Gasteiger partial charge in [0.05, 0.1) is 19.0 Å². The number of nitrogen functional groups attached to an aromatic ring is 1. The molecule has 0 aromatic carbocycles. The van der Waals surface area contributed by atoms with E-state index in [0.717, 1.165) is 61.3 Å². The van der Waals surface area contributed by atoms with Crippen LogP contribution in [0.3, 0.4) is 0 Å². The Balaban J connectivity index is 1.46. The van der Waals surface area contributed by atoms with Crippen molar-refractivity contribution in [1.82, 2.24) is 24.8 Å². The number of fused-ring (bicyclic) bond motifs is 1. The van der Waals surface area contributed by atoms with Gasteiger partial charge in [-0.2, -0.15) is 4.98 Å². The molecule has 1 saturated heterocycles. The Kier molecular flexibility index (Phi) is 5.91. The van der Waals surface area contributed by atoms with Crippen LogP contribution in [-0.4, -0.2) is 52.8 Å². The lowest BCUT2D eigenvalue weighted by atomic mass is 10.2. The Morgan fingerprint density at radius 3 is 2.67 bits per heavy atom. The number of hydrogen-bond acceptors (Lipinski definition) is 9. The van der Waals surface area contributed by atoms with Gasteiger partial charge < -0.3 is 36.3 Å². The van der Waals surface area contributed by atoms with Gasteiger partial charge in [-0.1, -0.05) is 12.8 Å². The van der Waals surface area contributed by atoms with Crippen molar-refractivity contribution >= 4 is 40.4 Å². The number of aromatic nitrogens is 4. The quantitative estimate of drug-likeness (QED) is 0.419. The lowest BCUT2D eigenvalue weighted by molar-refractivity contribution is 0.291. The summed E-state index contributed by atoms with van der Waals surface area (Å²) < 4.78 is 7.28. The fourth-order valence-corrected chi connectivity index (χ4v) is 4.76. The molecule has 1 saturated carbocycles. The molecule has 6 N–H and O–H groups in total. The highest BCUT2D eigenvalue weighted by Gasteiger charge is 2.25. The first-order valence-corrected chi connectivity index (χ1v) is 11.5. The standard InChI is InChI=1S/C23H31N9O/c1-33-19(24)12-17-18-14-28-23(30-22(18)32(21(17)25)15-4-2-3-5-15)29-20-7-6-16(13-27-20)31-10-8-26-9-11-31/h6-7,12-15,26H,2-5,8-11,24-25H2,1H3,(H,27,28,29,30)/b19-12+. The topological polar surface area (TPSA) is 132 Å². The maximum Gasteiger partial charge on any atom is 0.230 e. The van der Waals surface area contributed by atoms with E-state index >= 15 is 0 Å². The van der Waals surface area contributed by atoms with E-state index in [1.165, 1.54) is 20.0 Å². The van der Waals surface area contributed by atoms with Crippen LogP contribution in [0.2, 0.25) is 0 Å². The number of nitrogens with one attached hydrogen (secondary N) is 2. The fraction of sp³-hybridized carbons (Fsp3) is 0.435. The van der Waals surface area contributed by atoms with Crippen molar-refractivity contribution in [3.63, 3.8) is 0 Å². The minimum absolute atomic E-state index is 0.295. The van der Waals surface area contributed by atoms with Crippen molar-refractivity contribution in [1.29, 1.82) is 0 Å². The lowest BCUT2D eigenvalue weighted by Crippen LogP contribution is -2.43. The van der Waals surface area contributed by atoms with Crippen LogP contribution >= 0.6 is 0 Å². The Morgan fingerprint density at radius 2 is 1.97 bits per heavy atom. The number of methoxy groups -OCH3 is 1.